The highest BCUT2D eigenvalue weighted by molar-refractivity contribution is 6.99. The maximum absolute atomic E-state index is 6.74. The Hall–Kier alpha value is -6.93. The fourth-order valence-electron chi connectivity index (χ4n) is 8.97. The van der Waals surface area contributed by atoms with E-state index >= 15 is 0 Å². The summed E-state index contributed by atoms with van der Waals surface area (Å²) in [5, 5.41) is 2.31. The Kier molecular flexibility index (Phi) is 4.59. The molecule has 0 amide bonds. The lowest BCUT2D eigenvalue weighted by Crippen LogP contribution is -2.59. The molecule has 10 aromatic rings. The number of imidazole rings is 2. The van der Waals surface area contributed by atoms with Crippen LogP contribution in [0.2, 0.25) is 0 Å². The van der Waals surface area contributed by atoms with E-state index in [4.69, 9.17) is 19.2 Å². The Morgan fingerprint density at radius 3 is 1.76 bits per heavy atom. The van der Waals surface area contributed by atoms with Crippen LogP contribution >= 0.6 is 0 Å². The van der Waals surface area contributed by atoms with E-state index in [9.17, 15) is 0 Å². The molecule has 8 heteroatoms. The molecule has 3 aliphatic heterocycles. The van der Waals surface area contributed by atoms with Crippen LogP contribution in [0.1, 0.15) is 0 Å². The fraction of sp³-hybridized carbons (Fsp3) is 0. The number of benzene rings is 7. The lowest BCUT2D eigenvalue weighted by atomic mass is 9.34. The lowest BCUT2D eigenvalue weighted by molar-refractivity contribution is 0.442. The average Bonchev–Trinajstić information content (AvgIpc) is 3.82. The monoisotopic (exact) mass is 654 g/mol. The fourth-order valence-corrected chi connectivity index (χ4v) is 8.97. The first-order valence-electron chi connectivity index (χ1n) is 17.2. The van der Waals surface area contributed by atoms with E-state index in [1.54, 1.807) is 0 Å². The first kappa shape index (κ1) is 26.0. The third-order valence-electron chi connectivity index (χ3n) is 10.9. The predicted molar refractivity (Wildman–Crippen MR) is 202 cm³/mol. The molecule has 7 aromatic carbocycles. The zero-order chi connectivity index (χ0) is 32.9. The second-order valence-corrected chi connectivity index (χ2v) is 13.5. The number of hydrogen-bond acceptors (Lipinski definition) is 4. The van der Waals surface area contributed by atoms with Crippen LogP contribution < -0.4 is 30.6 Å². The Morgan fingerprint density at radius 1 is 0.451 bits per heavy atom. The molecule has 0 unspecified atom stereocenters. The number of fused-ring (bicyclic) bond motifs is 9. The second kappa shape index (κ2) is 8.99. The number of rotatable bonds is 2. The standard InChI is InChI=1S/C43H23BN4O3/c1-2-10-24(11-3-1)47-42-31(48-29-15-7-5-13-27(29)45-43(47)48)21-20-30-38(42)26-12-4-6-14-28(26)46(30)25-22-36-41-37(23-25)51-35-19-9-17-33-40(35)44(41)39-32(49-33)16-8-18-34(39)50-36/h1-23H. The number of para-hydroxylation sites is 4. The van der Waals surface area contributed by atoms with Gasteiger partial charge >= 0.3 is 0 Å². The quantitative estimate of drug-likeness (QED) is 0.176. The van der Waals surface area contributed by atoms with Crippen LogP contribution in [0, 0.1) is 0 Å². The van der Waals surface area contributed by atoms with Crippen LogP contribution in [0.3, 0.4) is 0 Å². The molecule has 0 bridgehead atoms. The van der Waals surface area contributed by atoms with Crippen LogP contribution in [0.15, 0.2) is 140 Å². The van der Waals surface area contributed by atoms with Gasteiger partial charge in [-0.2, -0.15) is 0 Å². The third kappa shape index (κ3) is 3.14. The minimum atomic E-state index is -0.0318. The molecular weight excluding hydrogens is 631 g/mol. The molecule has 0 atom stereocenters. The van der Waals surface area contributed by atoms with Crippen molar-refractivity contribution in [3.8, 4) is 45.9 Å². The van der Waals surface area contributed by atoms with Gasteiger partial charge in [-0.05, 0) is 66.7 Å². The second-order valence-electron chi connectivity index (χ2n) is 13.5. The normalized spacial score (nSPS) is 13.5. The number of nitrogens with zero attached hydrogens (tertiary/aromatic N) is 4. The van der Waals surface area contributed by atoms with Gasteiger partial charge in [0.05, 0.1) is 38.8 Å². The molecule has 3 aliphatic rings. The van der Waals surface area contributed by atoms with Gasteiger partial charge in [-0.15, -0.1) is 0 Å². The summed E-state index contributed by atoms with van der Waals surface area (Å²) in [5.41, 5.74) is 11.6. The van der Waals surface area contributed by atoms with Gasteiger partial charge in [-0.25, -0.2) is 4.98 Å². The van der Waals surface area contributed by atoms with E-state index < -0.39 is 0 Å². The molecular formula is C43H23BN4O3. The molecule has 0 aliphatic carbocycles. The van der Waals surface area contributed by atoms with Crippen LogP contribution in [0.25, 0.3) is 61.0 Å². The van der Waals surface area contributed by atoms with Gasteiger partial charge in [-0.1, -0.05) is 60.7 Å². The Balaban J connectivity index is 1.14. The summed E-state index contributed by atoms with van der Waals surface area (Å²) in [6.07, 6.45) is 0. The van der Waals surface area contributed by atoms with E-state index in [0.29, 0.717) is 0 Å². The van der Waals surface area contributed by atoms with Crippen molar-refractivity contribution in [3.63, 3.8) is 0 Å². The van der Waals surface area contributed by atoms with Gasteiger partial charge in [0.25, 0.3) is 6.71 Å². The van der Waals surface area contributed by atoms with Crippen LogP contribution in [-0.2, 0) is 0 Å². The maximum atomic E-state index is 6.74. The van der Waals surface area contributed by atoms with Gasteiger partial charge < -0.3 is 18.8 Å². The number of aromatic nitrogens is 4. The Labute approximate surface area is 290 Å². The van der Waals surface area contributed by atoms with Crippen molar-refractivity contribution in [1.29, 1.82) is 0 Å². The van der Waals surface area contributed by atoms with Crippen molar-refractivity contribution >= 4 is 72.8 Å². The SMILES string of the molecule is c1ccc(-n2c3c4c5ccccc5n(-c5cc6c7c(c5)Oc5cccc8c5B7c5c(cccc5O6)O8)c4ccc3n3c4ccccc4nc23)cc1. The molecule has 7 nitrogen and oxygen atoms in total. The van der Waals surface area contributed by atoms with Crippen molar-refractivity contribution < 1.29 is 14.2 Å². The van der Waals surface area contributed by atoms with E-state index in [1.165, 1.54) is 0 Å². The average molecular weight is 654 g/mol. The minimum absolute atomic E-state index is 0.0318. The van der Waals surface area contributed by atoms with E-state index in [1.807, 2.05) is 42.5 Å². The zero-order valence-corrected chi connectivity index (χ0v) is 26.9. The smallest absolute Gasteiger partial charge is 0.270 e. The van der Waals surface area contributed by atoms with Crippen LogP contribution in [-0.4, -0.2) is 25.2 Å². The molecule has 0 fully saturated rings. The topological polar surface area (TPSA) is 54.8 Å². The predicted octanol–water partition coefficient (Wildman–Crippen LogP) is 8.36. The molecule has 3 aromatic heterocycles. The Morgan fingerprint density at radius 2 is 1.04 bits per heavy atom. The molecule has 0 radical (unpaired) electrons. The Bertz CT molecular complexity index is 3120. The van der Waals surface area contributed by atoms with Crippen molar-refractivity contribution in [2.24, 2.45) is 0 Å². The van der Waals surface area contributed by atoms with Gasteiger partial charge in [0.15, 0.2) is 0 Å². The highest BCUT2D eigenvalue weighted by Crippen LogP contribution is 2.45. The van der Waals surface area contributed by atoms with E-state index in [2.05, 4.69) is 111 Å². The van der Waals surface area contributed by atoms with Gasteiger partial charge in [0, 0.05) is 45.0 Å². The molecule has 51 heavy (non-hydrogen) atoms. The van der Waals surface area contributed by atoms with Crippen LogP contribution in [0.4, 0.5) is 0 Å². The molecule has 13 rings (SSSR count). The summed E-state index contributed by atoms with van der Waals surface area (Å²) in [6, 6.07) is 48.5. The molecule has 236 valence electrons. The summed E-state index contributed by atoms with van der Waals surface area (Å²) in [5.74, 6) is 5.77. The maximum Gasteiger partial charge on any atom is 0.270 e. The van der Waals surface area contributed by atoms with Crippen molar-refractivity contribution in [3.05, 3.63) is 140 Å². The molecule has 0 saturated carbocycles. The molecule has 0 N–H and O–H groups in total. The molecule has 0 saturated heterocycles. The largest absolute Gasteiger partial charge is 0.458 e. The highest BCUT2D eigenvalue weighted by Gasteiger charge is 2.46. The third-order valence-corrected chi connectivity index (χ3v) is 10.9. The number of ether oxygens (including phenoxy) is 3. The molecule has 6 heterocycles. The van der Waals surface area contributed by atoms with Gasteiger partial charge in [0.2, 0.25) is 5.78 Å². The van der Waals surface area contributed by atoms with Gasteiger partial charge in [-0.3, -0.25) is 8.97 Å². The van der Waals surface area contributed by atoms with Crippen LogP contribution in [0.5, 0.6) is 34.5 Å². The summed E-state index contributed by atoms with van der Waals surface area (Å²) in [7, 11) is 0. The minimum Gasteiger partial charge on any atom is -0.458 e. The van der Waals surface area contributed by atoms with E-state index in [-0.39, 0.29) is 6.71 Å². The van der Waals surface area contributed by atoms with Crippen molar-refractivity contribution in [2.75, 3.05) is 0 Å². The van der Waals surface area contributed by atoms with Crippen molar-refractivity contribution in [1.82, 2.24) is 18.5 Å². The summed E-state index contributed by atoms with van der Waals surface area (Å²) in [4.78, 5) is 5.19. The highest BCUT2D eigenvalue weighted by atomic mass is 16.5. The summed E-state index contributed by atoms with van der Waals surface area (Å²) < 4.78 is 26.8. The summed E-state index contributed by atoms with van der Waals surface area (Å²) in [6.45, 7) is -0.0318. The van der Waals surface area contributed by atoms with E-state index in [0.717, 1.165) is 112 Å². The number of hydrogen-bond donors (Lipinski definition) is 0. The zero-order valence-electron chi connectivity index (χ0n) is 26.9. The van der Waals surface area contributed by atoms with Gasteiger partial charge in [0.1, 0.15) is 34.5 Å². The lowest BCUT2D eigenvalue weighted by Gasteiger charge is -2.37. The first-order valence-corrected chi connectivity index (χ1v) is 17.2. The van der Waals surface area contributed by atoms with Crippen molar-refractivity contribution in [2.45, 2.75) is 0 Å². The summed E-state index contributed by atoms with van der Waals surface area (Å²) >= 11 is 0. The molecule has 0 spiro atoms. The first-order chi connectivity index (χ1) is 25.3.